The topological polar surface area (TPSA) is 58.4 Å². The summed E-state index contributed by atoms with van der Waals surface area (Å²) in [4.78, 5) is 14.5. The van der Waals surface area contributed by atoms with Gasteiger partial charge in [0.2, 0.25) is 5.91 Å². The van der Waals surface area contributed by atoms with E-state index >= 15 is 0 Å². The average molecular weight is 337 g/mol. The van der Waals surface area contributed by atoms with E-state index in [1.54, 1.807) is 0 Å². The van der Waals surface area contributed by atoms with Crippen molar-refractivity contribution in [3.05, 3.63) is 65.7 Å². The summed E-state index contributed by atoms with van der Waals surface area (Å²) >= 11 is 0. The number of likely N-dealkylation sites (tertiary alicyclic amines) is 1. The molecule has 4 nitrogen and oxygen atoms in total. The highest BCUT2D eigenvalue weighted by Crippen LogP contribution is 2.26. The smallest absolute Gasteiger partial charge is 0.238 e. The number of nitrogens with one attached hydrogen (secondary N) is 1. The van der Waals surface area contributed by atoms with Crippen LogP contribution in [0.25, 0.3) is 0 Å². The van der Waals surface area contributed by atoms with Crippen LogP contribution in [0.5, 0.6) is 0 Å². The molecule has 1 heterocycles. The molecule has 1 aliphatic heterocycles. The van der Waals surface area contributed by atoms with Gasteiger partial charge in [-0.25, -0.2) is 0 Å². The lowest BCUT2D eigenvalue weighted by molar-refractivity contribution is -0.117. The lowest BCUT2D eigenvalue weighted by Gasteiger charge is -2.16. The largest absolute Gasteiger partial charge is 0.326 e. The number of benzene rings is 2. The van der Waals surface area contributed by atoms with E-state index in [9.17, 15) is 4.79 Å². The van der Waals surface area contributed by atoms with Gasteiger partial charge in [-0.15, -0.1) is 0 Å². The highest BCUT2D eigenvalue weighted by molar-refractivity contribution is 5.92. The molecule has 1 aliphatic rings. The molecule has 0 bridgehead atoms. The van der Waals surface area contributed by atoms with Crippen molar-refractivity contribution < 1.29 is 4.79 Å². The lowest BCUT2D eigenvalue weighted by Crippen LogP contribution is -2.33. The molecule has 3 rings (SSSR count). The maximum absolute atomic E-state index is 12.3. The van der Waals surface area contributed by atoms with Crippen LogP contribution in [0.3, 0.4) is 0 Å². The molecular weight excluding hydrogens is 310 g/mol. The maximum atomic E-state index is 12.3. The molecule has 0 spiro atoms. The normalized spacial score (nSPS) is 20.8. The molecule has 1 fully saturated rings. The first-order valence-corrected chi connectivity index (χ1v) is 8.95. The molecule has 0 aromatic heterocycles. The Bertz CT molecular complexity index is 697. The predicted octanol–water partition coefficient (Wildman–Crippen LogP) is 3.18. The zero-order chi connectivity index (χ0) is 17.8. The van der Waals surface area contributed by atoms with Gasteiger partial charge in [0.1, 0.15) is 0 Å². The second kappa shape index (κ2) is 7.81. The summed E-state index contributed by atoms with van der Waals surface area (Å²) in [6.45, 7) is 6.27. The van der Waals surface area contributed by atoms with Crippen LogP contribution in [0.1, 0.15) is 36.8 Å². The number of anilines is 1. The summed E-state index contributed by atoms with van der Waals surface area (Å²) in [6, 6.07) is 18.5. The second-order valence-corrected chi connectivity index (χ2v) is 7.20. The van der Waals surface area contributed by atoms with Crippen LogP contribution in [-0.4, -0.2) is 36.5 Å². The summed E-state index contributed by atoms with van der Waals surface area (Å²) in [7, 11) is 0. The average Bonchev–Trinajstić information content (AvgIpc) is 2.96. The van der Waals surface area contributed by atoms with Crippen LogP contribution in [0.4, 0.5) is 5.69 Å². The van der Waals surface area contributed by atoms with E-state index in [0.717, 1.165) is 18.8 Å². The second-order valence-electron chi connectivity index (χ2n) is 7.20. The van der Waals surface area contributed by atoms with Crippen LogP contribution < -0.4 is 11.1 Å². The molecule has 2 atom stereocenters. The number of hydrogen-bond acceptors (Lipinski definition) is 3. The van der Waals surface area contributed by atoms with E-state index in [1.807, 2.05) is 30.3 Å². The standard InChI is InChI=1S/C21H27N3O/c1-15(2)16-8-10-18(11-9-16)23-21(25)14-24-12-19(20(22)13-24)17-6-4-3-5-7-17/h3-11,15,19-20H,12-14,22H2,1-2H3,(H,23,25)/t19-,20+/m0/s1. The zero-order valence-corrected chi connectivity index (χ0v) is 15.0. The summed E-state index contributed by atoms with van der Waals surface area (Å²) < 4.78 is 0. The van der Waals surface area contributed by atoms with Gasteiger partial charge in [-0.2, -0.15) is 0 Å². The first-order chi connectivity index (χ1) is 12.0. The van der Waals surface area contributed by atoms with Gasteiger partial charge >= 0.3 is 0 Å². The van der Waals surface area contributed by atoms with Gasteiger partial charge in [-0.3, -0.25) is 9.69 Å². The Labute approximate surface area is 150 Å². The van der Waals surface area contributed by atoms with Crippen LogP contribution in [0, 0.1) is 0 Å². The first-order valence-electron chi connectivity index (χ1n) is 8.95. The summed E-state index contributed by atoms with van der Waals surface area (Å²) in [6.07, 6.45) is 0. The molecule has 2 aromatic rings. The zero-order valence-electron chi connectivity index (χ0n) is 15.0. The Hall–Kier alpha value is -2.17. The van der Waals surface area contributed by atoms with Gasteiger partial charge in [-0.05, 0) is 29.2 Å². The Balaban J connectivity index is 1.55. The van der Waals surface area contributed by atoms with Gasteiger partial charge in [0.25, 0.3) is 0 Å². The van der Waals surface area contributed by atoms with Crippen molar-refractivity contribution >= 4 is 11.6 Å². The lowest BCUT2D eigenvalue weighted by atomic mass is 9.95. The molecule has 3 N–H and O–H groups in total. The number of carbonyl (C=O) groups is 1. The fraction of sp³-hybridized carbons (Fsp3) is 0.381. The number of hydrogen-bond donors (Lipinski definition) is 2. The van der Waals surface area contributed by atoms with E-state index in [0.29, 0.717) is 18.4 Å². The SMILES string of the molecule is CC(C)c1ccc(NC(=O)CN2C[C@@H](N)[C@H](c3ccccc3)C2)cc1. The van der Waals surface area contributed by atoms with Crippen LogP contribution >= 0.6 is 0 Å². The molecule has 1 saturated heterocycles. The number of carbonyl (C=O) groups excluding carboxylic acids is 1. The van der Waals surface area contributed by atoms with E-state index in [-0.39, 0.29) is 11.9 Å². The Morgan fingerprint density at radius 1 is 1.12 bits per heavy atom. The van der Waals surface area contributed by atoms with E-state index in [4.69, 9.17) is 5.73 Å². The molecule has 25 heavy (non-hydrogen) atoms. The molecule has 0 aliphatic carbocycles. The van der Waals surface area contributed by atoms with Gasteiger partial charge in [0.15, 0.2) is 0 Å². The van der Waals surface area contributed by atoms with E-state index < -0.39 is 0 Å². The highest BCUT2D eigenvalue weighted by atomic mass is 16.2. The summed E-state index contributed by atoms with van der Waals surface area (Å²) in [5, 5.41) is 2.98. The maximum Gasteiger partial charge on any atom is 0.238 e. The number of nitrogens with two attached hydrogens (primary N) is 1. The van der Waals surface area contributed by atoms with Crippen molar-refractivity contribution in [3.63, 3.8) is 0 Å². The molecule has 0 radical (unpaired) electrons. The van der Waals surface area contributed by atoms with E-state index in [1.165, 1.54) is 11.1 Å². The molecule has 1 amide bonds. The van der Waals surface area contributed by atoms with Crippen molar-refractivity contribution in [2.45, 2.75) is 31.7 Å². The highest BCUT2D eigenvalue weighted by Gasteiger charge is 2.31. The fourth-order valence-electron chi connectivity index (χ4n) is 3.45. The van der Waals surface area contributed by atoms with Crippen LogP contribution in [-0.2, 0) is 4.79 Å². The van der Waals surface area contributed by atoms with Crippen molar-refractivity contribution in [2.24, 2.45) is 5.73 Å². The first kappa shape index (κ1) is 17.6. The third-order valence-corrected chi connectivity index (χ3v) is 4.90. The fourth-order valence-corrected chi connectivity index (χ4v) is 3.45. The van der Waals surface area contributed by atoms with Gasteiger partial charge in [0, 0.05) is 30.7 Å². The molecule has 2 aromatic carbocycles. The molecule has 4 heteroatoms. The quantitative estimate of drug-likeness (QED) is 0.881. The van der Waals surface area contributed by atoms with Crippen molar-refractivity contribution in [1.82, 2.24) is 4.90 Å². The number of nitrogens with zero attached hydrogens (tertiary/aromatic N) is 1. The third kappa shape index (κ3) is 4.47. The summed E-state index contributed by atoms with van der Waals surface area (Å²) in [5.41, 5.74) is 9.67. The summed E-state index contributed by atoms with van der Waals surface area (Å²) in [5.74, 6) is 0.795. The monoisotopic (exact) mass is 337 g/mol. The van der Waals surface area contributed by atoms with Crippen molar-refractivity contribution in [2.75, 3.05) is 25.0 Å². The van der Waals surface area contributed by atoms with Gasteiger partial charge < -0.3 is 11.1 Å². The Morgan fingerprint density at radius 3 is 2.44 bits per heavy atom. The third-order valence-electron chi connectivity index (χ3n) is 4.90. The Kier molecular flexibility index (Phi) is 5.51. The molecule has 132 valence electrons. The van der Waals surface area contributed by atoms with Gasteiger partial charge in [0.05, 0.1) is 6.54 Å². The van der Waals surface area contributed by atoms with Gasteiger partial charge in [-0.1, -0.05) is 56.3 Å². The predicted molar refractivity (Wildman–Crippen MR) is 103 cm³/mol. The minimum Gasteiger partial charge on any atom is -0.326 e. The minimum absolute atomic E-state index is 0.0122. The molecule has 0 saturated carbocycles. The van der Waals surface area contributed by atoms with Crippen LogP contribution in [0.2, 0.25) is 0 Å². The Morgan fingerprint density at radius 2 is 1.80 bits per heavy atom. The molecular formula is C21H27N3O. The number of rotatable bonds is 5. The van der Waals surface area contributed by atoms with Crippen molar-refractivity contribution in [1.29, 1.82) is 0 Å². The molecule has 0 unspecified atom stereocenters. The van der Waals surface area contributed by atoms with Crippen LogP contribution in [0.15, 0.2) is 54.6 Å². The minimum atomic E-state index is 0.0122. The van der Waals surface area contributed by atoms with E-state index in [2.05, 4.69) is 48.3 Å². The van der Waals surface area contributed by atoms with Crippen molar-refractivity contribution in [3.8, 4) is 0 Å². The number of amides is 1.